The minimum absolute atomic E-state index is 0.171. The van der Waals surface area contributed by atoms with Crippen molar-refractivity contribution < 1.29 is 4.79 Å². The van der Waals surface area contributed by atoms with Crippen LogP contribution in [0.1, 0.15) is 53.9 Å². The minimum Gasteiger partial charge on any atom is -0.299 e. The lowest BCUT2D eigenvalue weighted by Crippen LogP contribution is -2.39. The maximum absolute atomic E-state index is 13.2. The average molecular weight is 314 g/mol. The predicted octanol–water partition coefficient (Wildman–Crippen LogP) is 5.07. The van der Waals surface area contributed by atoms with E-state index in [0.717, 1.165) is 18.4 Å². The zero-order valence-electron chi connectivity index (χ0n) is 14.0. The van der Waals surface area contributed by atoms with Gasteiger partial charge in [0.2, 0.25) is 0 Å². The van der Waals surface area contributed by atoms with Gasteiger partial charge in [-0.2, -0.15) is 0 Å². The highest BCUT2D eigenvalue weighted by molar-refractivity contribution is 5.89. The molecule has 0 aliphatic heterocycles. The molecule has 6 rings (SSSR count). The Bertz CT molecular complexity index is 814. The minimum atomic E-state index is 0.171. The first kappa shape index (κ1) is 14.2. The van der Waals surface area contributed by atoms with E-state index in [0.29, 0.717) is 17.6 Å². The summed E-state index contributed by atoms with van der Waals surface area (Å²) < 4.78 is 0. The average Bonchev–Trinajstić information content (AvgIpc) is 2.91. The molecule has 0 unspecified atom stereocenters. The first-order valence-corrected chi connectivity index (χ1v) is 9.02. The molecule has 1 fully saturated rings. The van der Waals surface area contributed by atoms with Gasteiger partial charge in [-0.15, -0.1) is 6.58 Å². The first-order valence-electron chi connectivity index (χ1n) is 9.02. The molecule has 2 aromatic carbocycles. The van der Waals surface area contributed by atoms with Crippen LogP contribution >= 0.6 is 0 Å². The fourth-order valence-electron chi connectivity index (χ4n) is 5.77. The number of allylic oxidation sites excluding steroid dienone is 1. The lowest BCUT2D eigenvalue weighted by atomic mass is 9.55. The van der Waals surface area contributed by atoms with E-state index in [1.807, 2.05) is 6.92 Å². The summed E-state index contributed by atoms with van der Waals surface area (Å²) in [5.41, 5.74) is 6.85. The Hall–Kier alpha value is -2.15. The quantitative estimate of drug-likeness (QED) is 0.708. The van der Waals surface area contributed by atoms with E-state index in [9.17, 15) is 4.79 Å². The molecule has 120 valence electrons. The second-order valence-corrected chi connectivity index (χ2v) is 7.90. The van der Waals surface area contributed by atoms with E-state index in [2.05, 4.69) is 55.1 Å². The van der Waals surface area contributed by atoms with E-state index in [-0.39, 0.29) is 17.8 Å². The van der Waals surface area contributed by atoms with Crippen molar-refractivity contribution >= 4 is 5.78 Å². The Morgan fingerprint density at radius 3 is 1.96 bits per heavy atom. The monoisotopic (exact) mass is 314 g/mol. The van der Waals surface area contributed by atoms with Crippen LogP contribution in [0, 0.1) is 17.8 Å². The number of carbonyl (C=O) groups excluding carboxylic acids is 1. The van der Waals surface area contributed by atoms with Crippen molar-refractivity contribution in [2.75, 3.05) is 0 Å². The largest absolute Gasteiger partial charge is 0.299 e. The summed E-state index contributed by atoms with van der Waals surface area (Å²) in [5, 5.41) is 0. The number of rotatable bonds is 2. The van der Waals surface area contributed by atoms with Crippen molar-refractivity contribution in [2.24, 2.45) is 17.8 Å². The molecule has 2 aromatic rings. The summed E-state index contributed by atoms with van der Waals surface area (Å²) in [6.07, 6.45) is 1.89. The number of hydrogen-bond donors (Lipinski definition) is 0. The van der Waals surface area contributed by atoms with Gasteiger partial charge in [-0.3, -0.25) is 4.79 Å². The molecule has 1 heteroatoms. The van der Waals surface area contributed by atoms with Gasteiger partial charge in [0, 0.05) is 23.7 Å². The van der Waals surface area contributed by atoms with Gasteiger partial charge in [-0.25, -0.2) is 0 Å². The van der Waals surface area contributed by atoms with Gasteiger partial charge in [-0.1, -0.05) is 54.1 Å². The second kappa shape index (κ2) is 4.92. The first-order chi connectivity index (χ1) is 11.7. The molecular weight excluding hydrogens is 292 g/mol. The molecule has 4 aliphatic rings. The smallest absolute Gasteiger partial charge is 0.140 e. The Morgan fingerprint density at radius 2 is 1.46 bits per heavy atom. The van der Waals surface area contributed by atoms with Crippen molar-refractivity contribution in [1.29, 1.82) is 0 Å². The second-order valence-electron chi connectivity index (χ2n) is 7.90. The van der Waals surface area contributed by atoms with Gasteiger partial charge >= 0.3 is 0 Å². The fraction of sp³-hybridized carbons (Fsp3) is 0.348. The molecule has 1 nitrogen and oxygen atoms in total. The van der Waals surface area contributed by atoms with E-state index in [1.165, 1.54) is 22.3 Å². The van der Waals surface area contributed by atoms with Gasteiger partial charge < -0.3 is 0 Å². The van der Waals surface area contributed by atoms with Crippen LogP contribution in [0.15, 0.2) is 60.7 Å². The number of carbonyl (C=O) groups is 1. The van der Waals surface area contributed by atoms with Crippen LogP contribution in [0.2, 0.25) is 0 Å². The number of hydrogen-bond acceptors (Lipinski definition) is 1. The Kier molecular flexibility index (Phi) is 2.92. The molecule has 3 atom stereocenters. The summed E-state index contributed by atoms with van der Waals surface area (Å²) in [6, 6.07) is 17.6. The van der Waals surface area contributed by atoms with Crippen molar-refractivity contribution in [3.05, 3.63) is 82.9 Å². The summed E-state index contributed by atoms with van der Waals surface area (Å²) in [7, 11) is 0. The van der Waals surface area contributed by atoms with Gasteiger partial charge in [0.05, 0.1) is 0 Å². The van der Waals surface area contributed by atoms with Gasteiger partial charge in [0.25, 0.3) is 0 Å². The van der Waals surface area contributed by atoms with Crippen LogP contribution in [0.5, 0.6) is 0 Å². The Balaban J connectivity index is 1.70. The molecule has 24 heavy (non-hydrogen) atoms. The van der Waals surface area contributed by atoms with E-state index < -0.39 is 0 Å². The molecule has 0 heterocycles. The third kappa shape index (κ3) is 1.73. The molecule has 2 bridgehead atoms. The van der Waals surface area contributed by atoms with Crippen LogP contribution in [-0.4, -0.2) is 5.78 Å². The summed E-state index contributed by atoms with van der Waals surface area (Å²) >= 11 is 0. The number of Topliss-reactive ketones (excluding diaryl/α,β-unsaturated/α-hetero) is 1. The number of ketones is 1. The Morgan fingerprint density at radius 1 is 0.958 bits per heavy atom. The Labute approximate surface area is 143 Å². The van der Waals surface area contributed by atoms with Gasteiger partial charge in [0.1, 0.15) is 5.78 Å². The molecule has 0 spiro atoms. The van der Waals surface area contributed by atoms with Gasteiger partial charge in [-0.05, 0) is 47.9 Å². The standard InChI is InChI=1S/C23H22O/c1-13(2)11-14-12-19-20-15-7-3-5-9-17(15)21(22(19)23(14)24)18-10-6-4-8-16(18)20/h3-10,14,19-22H,1,11-12H2,2H3/t14-,19-,20?,21?,22+/m0/s1. The molecule has 0 radical (unpaired) electrons. The van der Waals surface area contributed by atoms with Crippen molar-refractivity contribution in [3.63, 3.8) is 0 Å². The third-order valence-corrected chi connectivity index (χ3v) is 6.46. The molecule has 0 aromatic heterocycles. The maximum atomic E-state index is 13.2. The van der Waals surface area contributed by atoms with Crippen LogP contribution < -0.4 is 0 Å². The molecular formula is C23H22O. The van der Waals surface area contributed by atoms with E-state index in [1.54, 1.807) is 0 Å². The molecule has 1 saturated carbocycles. The SMILES string of the molecule is C=C(C)C[C@H]1C[C@H]2C3c4ccccc4C(c4ccccc43)[C@@H]2C1=O. The molecule has 0 saturated heterocycles. The summed E-state index contributed by atoms with van der Waals surface area (Å²) in [4.78, 5) is 13.2. The van der Waals surface area contributed by atoms with Crippen molar-refractivity contribution in [2.45, 2.75) is 31.6 Å². The van der Waals surface area contributed by atoms with E-state index in [4.69, 9.17) is 0 Å². The molecule has 0 amide bonds. The van der Waals surface area contributed by atoms with Crippen LogP contribution in [0.4, 0.5) is 0 Å². The number of benzene rings is 2. The van der Waals surface area contributed by atoms with Crippen molar-refractivity contribution in [1.82, 2.24) is 0 Å². The maximum Gasteiger partial charge on any atom is 0.140 e. The zero-order chi connectivity index (χ0) is 16.4. The summed E-state index contributed by atoms with van der Waals surface area (Å²) in [5.74, 6) is 1.95. The highest BCUT2D eigenvalue weighted by atomic mass is 16.1. The van der Waals surface area contributed by atoms with Crippen LogP contribution in [-0.2, 0) is 4.79 Å². The highest BCUT2D eigenvalue weighted by Gasteiger charge is 2.57. The predicted molar refractivity (Wildman–Crippen MR) is 96.1 cm³/mol. The van der Waals surface area contributed by atoms with Crippen molar-refractivity contribution in [3.8, 4) is 0 Å². The molecule has 0 N–H and O–H groups in total. The zero-order valence-corrected chi connectivity index (χ0v) is 14.0. The van der Waals surface area contributed by atoms with Crippen LogP contribution in [0.25, 0.3) is 0 Å². The normalized spacial score (nSPS) is 32.2. The highest BCUT2D eigenvalue weighted by Crippen LogP contribution is 2.63. The topological polar surface area (TPSA) is 17.1 Å². The third-order valence-electron chi connectivity index (χ3n) is 6.46. The summed E-state index contributed by atoms with van der Waals surface area (Å²) in [6.45, 7) is 6.10. The van der Waals surface area contributed by atoms with Gasteiger partial charge in [0.15, 0.2) is 0 Å². The fourth-order valence-corrected chi connectivity index (χ4v) is 5.77. The molecule has 4 aliphatic carbocycles. The van der Waals surface area contributed by atoms with E-state index >= 15 is 0 Å². The lowest BCUT2D eigenvalue weighted by molar-refractivity contribution is -0.125. The van der Waals surface area contributed by atoms with Crippen LogP contribution in [0.3, 0.4) is 0 Å². The lowest BCUT2D eigenvalue weighted by Gasteiger charge is -2.47.